The predicted octanol–water partition coefficient (Wildman–Crippen LogP) is 9.94. The lowest BCUT2D eigenvalue weighted by Crippen LogP contribution is -2.25. The quantitative estimate of drug-likeness (QED) is 0.0292. The number of nitro benzene ring substituents is 1. The zero-order valence-corrected chi connectivity index (χ0v) is 36.4. The summed E-state index contributed by atoms with van der Waals surface area (Å²) in [5, 5.41) is 19.1. The van der Waals surface area contributed by atoms with Crippen LogP contribution in [0.15, 0.2) is 103 Å². The van der Waals surface area contributed by atoms with Crippen molar-refractivity contribution >= 4 is 11.5 Å². The summed E-state index contributed by atoms with van der Waals surface area (Å²) in [6.45, 7) is 20.9. The van der Waals surface area contributed by atoms with Gasteiger partial charge >= 0.3 is 0 Å². The second kappa shape index (κ2) is 29.9. The number of unbranched alkanes of at least 4 members (excludes halogenated alkanes) is 2. The average molecular weight is 822 g/mol. The number of likely N-dealkylation sites (tertiary alicyclic amines) is 1. The van der Waals surface area contributed by atoms with Crippen LogP contribution in [0.3, 0.4) is 0 Å². The van der Waals surface area contributed by atoms with Gasteiger partial charge in [-0.3, -0.25) is 14.9 Å². The third kappa shape index (κ3) is 19.6. The summed E-state index contributed by atoms with van der Waals surface area (Å²) in [6, 6.07) is 32.4. The van der Waals surface area contributed by atoms with E-state index >= 15 is 0 Å². The first-order valence-electron chi connectivity index (χ1n) is 21.8. The zero-order chi connectivity index (χ0) is 43.2. The molecule has 324 valence electrons. The van der Waals surface area contributed by atoms with Crippen LogP contribution < -0.4 is 14.2 Å². The highest BCUT2D eigenvalue weighted by Crippen LogP contribution is 2.18. The van der Waals surface area contributed by atoms with Crippen LogP contribution in [-0.2, 0) is 0 Å². The van der Waals surface area contributed by atoms with Crippen molar-refractivity contribution in [2.45, 2.75) is 72.6 Å². The largest absolute Gasteiger partial charge is 0.494 e. The minimum Gasteiger partial charge on any atom is -0.494 e. The van der Waals surface area contributed by atoms with Crippen LogP contribution in [-0.4, -0.2) is 104 Å². The molecule has 11 nitrogen and oxygen atoms in total. The van der Waals surface area contributed by atoms with E-state index < -0.39 is 4.92 Å². The zero-order valence-electron chi connectivity index (χ0n) is 36.4. The molecule has 5 rings (SSSR count). The molecule has 0 amide bonds. The van der Waals surface area contributed by atoms with Crippen LogP contribution in [0.1, 0.15) is 94.1 Å². The smallest absolute Gasteiger partial charge is 0.269 e. The highest BCUT2D eigenvalue weighted by atomic mass is 16.6. The van der Waals surface area contributed by atoms with Gasteiger partial charge in [0.2, 0.25) is 0 Å². The molecule has 0 spiro atoms. The minimum absolute atomic E-state index is 0.0501. The Morgan fingerprint density at radius 2 is 1.08 bits per heavy atom. The predicted molar refractivity (Wildman–Crippen MR) is 241 cm³/mol. The van der Waals surface area contributed by atoms with Gasteiger partial charge in [0.15, 0.2) is 5.78 Å². The molecule has 0 bridgehead atoms. The Labute approximate surface area is 359 Å². The van der Waals surface area contributed by atoms with E-state index in [0.717, 1.165) is 83.2 Å². The molecule has 0 aliphatic carbocycles. The van der Waals surface area contributed by atoms with Gasteiger partial charge in [-0.05, 0) is 151 Å². The highest BCUT2D eigenvalue weighted by Gasteiger charge is 2.11. The first kappa shape index (κ1) is 49.1. The van der Waals surface area contributed by atoms with Gasteiger partial charge in [-0.2, -0.15) is 5.26 Å². The van der Waals surface area contributed by atoms with Crippen LogP contribution in [0.2, 0.25) is 0 Å². The first-order valence-corrected chi connectivity index (χ1v) is 21.8. The molecule has 4 aromatic rings. The van der Waals surface area contributed by atoms with Crippen molar-refractivity contribution in [2.75, 3.05) is 78.7 Å². The molecule has 0 radical (unpaired) electrons. The molecule has 0 unspecified atom stereocenters. The number of ketones is 1. The Kier molecular flexibility index (Phi) is 24.4. The minimum atomic E-state index is -0.413. The maximum atomic E-state index is 12.4. The number of rotatable bonds is 24. The number of benzene rings is 4. The monoisotopic (exact) mass is 822 g/mol. The molecule has 4 aromatic carbocycles. The number of hydrogen-bond acceptors (Lipinski definition) is 10. The van der Waals surface area contributed by atoms with E-state index in [1.807, 2.05) is 66.7 Å². The SMILES string of the molecule is CCN(CC)CCCOc1ccc(C#N)cc1.CCN(CC)CCCOc1ccc([N+](=O)[O-])cc1.O=C(c1ccccc1)c1ccc(OCCCCCN2CCCC2)cc1. The van der Waals surface area contributed by atoms with Gasteiger partial charge in [-0.15, -0.1) is 0 Å². The van der Waals surface area contributed by atoms with Crippen molar-refractivity contribution in [3.05, 3.63) is 130 Å². The molecule has 11 heteroatoms. The second-order valence-electron chi connectivity index (χ2n) is 14.5. The van der Waals surface area contributed by atoms with Gasteiger partial charge in [0.05, 0.1) is 36.4 Å². The van der Waals surface area contributed by atoms with Crippen LogP contribution >= 0.6 is 0 Å². The topological polar surface area (TPSA) is 121 Å². The van der Waals surface area contributed by atoms with Crippen molar-refractivity contribution in [3.63, 3.8) is 0 Å². The third-order valence-electron chi connectivity index (χ3n) is 10.3. The van der Waals surface area contributed by atoms with E-state index in [1.165, 1.54) is 57.5 Å². The van der Waals surface area contributed by atoms with Crippen molar-refractivity contribution in [2.24, 2.45) is 0 Å². The Morgan fingerprint density at radius 3 is 1.55 bits per heavy atom. The summed E-state index contributed by atoms with van der Waals surface area (Å²) in [5.74, 6) is 2.40. The molecule has 1 saturated heterocycles. The summed E-state index contributed by atoms with van der Waals surface area (Å²) in [6.07, 6.45) is 8.27. The third-order valence-corrected chi connectivity index (χ3v) is 10.3. The lowest BCUT2D eigenvalue weighted by molar-refractivity contribution is -0.384. The molecule has 0 saturated carbocycles. The molecule has 1 heterocycles. The number of non-ortho nitro benzene ring substituents is 1. The number of nitrogens with zero attached hydrogens (tertiary/aromatic N) is 5. The standard InChI is InChI=1S/C22H27NO2.C14H20N2O.C13H20N2O3/c24-22(19-9-3-1-4-10-19)20-11-13-21(14-12-20)25-18-8-2-5-15-23-16-6-7-17-23;1-3-16(4-2)10-5-11-17-14-8-6-13(12-15)7-9-14;1-3-14(4-2)10-5-11-18-13-8-6-12(7-9-13)15(16)17/h1,3-4,9-14H,2,5-8,15-18H2;6-9H,3-5,10-11H2,1-2H3;6-9H,3-5,10-11H2,1-2H3. The van der Waals surface area contributed by atoms with E-state index in [4.69, 9.17) is 19.5 Å². The molecule has 1 fully saturated rings. The maximum absolute atomic E-state index is 12.4. The maximum Gasteiger partial charge on any atom is 0.269 e. The number of nitriles is 1. The Morgan fingerprint density at radius 1 is 0.633 bits per heavy atom. The van der Waals surface area contributed by atoms with E-state index in [0.29, 0.717) is 29.0 Å². The molecule has 0 N–H and O–H groups in total. The van der Waals surface area contributed by atoms with Crippen LogP contribution in [0.25, 0.3) is 0 Å². The molecular weight excluding hydrogens is 755 g/mol. The van der Waals surface area contributed by atoms with E-state index in [9.17, 15) is 14.9 Å². The van der Waals surface area contributed by atoms with Gasteiger partial charge in [0.25, 0.3) is 5.69 Å². The Bertz CT molecular complexity index is 1770. The van der Waals surface area contributed by atoms with Crippen molar-refractivity contribution in [1.29, 1.82) is 5.26 Å². The highest BCUT2D eigenvalue weighted by molar-refractivity contribution is 6.08. The fraction of sp³-hybridized carbons (Fsp3) is 0.469. The fourth-order valence-electron chi connectivity index (χ4n) is 6.60. The van der Waals surface area contributed by atoms with Gasteiger partial charge < -0.3 is 28.9 Å². The number of hydrogen-bond donors (Lipinski definition) is 0. The average Bonchev–Trinajstić information content (AvgIpc) is 3.82. The van der Waals surface area contributed by atoms with E-state index in [2.05, 4.69) is 48.5 Å². The number of ether oxygens (including phenoxy) is 3. The summed E-state index contributed by atoms with van der Waals surface area (Å²) >= 11 is 0. The van der Waals surface area contributed by atoms with Crippen LogP contribution in [0.5, 0.6) is 17.2 Å². The fourth-order valence-corrected chi connectivity index (χ4v) is 6.60. The van der Waals surface area contributed by atoms with E-state index in [1.54, 1.807) is 24.3 Å². The summed E-state index contributed by atoms with van der Waals surface area (Å²) in [4.78, 5) is 29.7. The summed E-state index contributed by atoms with van der Waals surface area (Å²) < 4.78 is 16.9. The van der Waals surface area contributed by atoms with Crippen LogP contribution in [0.4, 0.5) is 5.69 Å². The molecule has 60 heavy (non-hydrogen) atoms. The normalized spacial score (nSPS) is 12.2. The number of nitro groups is 1. The Hall–Kier alpha value is -5.28. The van der Waals surface area contributed by atoms with Gasteiger partial charge in [0, 0.05) is 36.3 Å². The number of carbonyl (C=O) groups is 1. The Balaban J connectivity index is 0.000000247. The van der Waals surface area contributed by atoms with Gasteiger partial charge in [0.1, 0.15) is 17.2 Å². The lowest BCUT2D eigenvalue weighted by Gasteiger charge is -2.17. The van der Waals surface area contributed by atoms with Gasteiger partial charge in [-0.25, -0.2) is 0 Å². The molecular formula is C49H67N5O6. The summed E-state index contributed by atoms with van der Waals surface area (Å²) in [5.41, 5.74) is 2.17. The van der Waals surface area contributed by atoms with Crippen molar-refractivity contribution in [3.8, 4) is 23.3 Å². The lowest BCUT2D eigenvalue weighted by atomic mass is 10.0. The second-order valence-corrected chi connectivity index (χ2v) is 14.5. The van der Waals surface area contributed by atoms with Crippen molar-refractivity contribution < 1.29 is 23.9 Å². The van der Waals surface area contributed by atoms with Gasteiger partial charge in [-0.1, -0.05) is 58.0 Å². The van der Waals surface area contributed by atoms with Crippen molar-refractivity contribution in [1.82, 2.24) is 14.7 Å². The first-order chi connectivity index (χ1) is 29.3. The molecule has 1 aliphatic rings. The molecule has 0 aromatic heterocycles. The number of carbonyl (C=O) groups excluding carboxylic acids is 1. The summed E-state index contributed by atoms with van der Waals surface area (Å²) in [7, 11) is 0. The molecule has 1 aliphatic heterocycles. The van der Waals surface area contributed by atoms with Crippen LogP contribution in [0, 0.1) is 21.4 Å². The molecule has 0 atom stereocenters. The van der Waals surface area contributed by atoms with E-state index in [-0.39, 0.29) is 11.5 Å².